The number of amides is 2. The van der Waals surface area contributed by atoms with Crippen molar-refractivity contribution in [2.24, 2.45) is 0 Å². The summed E-state index contributed by atoms with van der Waals surface area (Å²) >= 11 is 0. The smallest absolute Gasteiger partial charge is 0.262 e. The summed E-state index contributed by atoms with van der Waals surface area (Å²) in [6, 6.07) is 21.6. The third-order valence-electron chi connectivity index (χ3n) is 5.64. The number of carbonyl (C=O) groups excluding carboxylic acids is 2. The summed E-state index contributed by atoms with van der Waals surface area (Å²) in [6.07, 6.45) is 3.31. The van der Waals surface area contributed by atoms with E-state index in [2.05, 4.69) is 20.3 Å². The summed E-state index contributed by atoms with van der Waals surface area (Å²) in [7, 11) is -3.94. The molecule has 1 aromatic heterocycles. The largest absolute Gasteiger partial charge is 0.348 e. The van der Waals surface area contributed by atoms with Crippen LogP contribution in [-0.4, -0.2) is 25.2 Å². The van der Waals surface area contributed by atoms with E-state index in [0.717, 1.165) is 11.1 Å². The molecule has 0 saturated carbocycles. The molecule has 0 aliphatic heterocycles. The molecule has 9 heteroatoms. The Labute approximate surface area is 215 Å². The lowest BCUT2D eigenvalue weighted by molar-refractivity contribution is 0.0951. The van der Waals surface area contributed by atoms with Crippen molar-refractivity contribution in [1.29, 1.82) is 0 Å². The quantitative estimate of drug-likeness (QED) is 0.316. The highest BCUT2D eigenvalue weighted by molar-refractivity contribution is 7.92. The van der Waals surface area contributed by atoms with E-state index >= 15 is 0 Å². The summed E-state index contributed by atoms with van der Waals surface area (Å²) in [6.45, 7) is 3.85. The number of anilines is 2. The summed E-state index contributed by atoms with van der Waals surface area (Å²) in [5.74, 6) is -0.909. The monoisotopic (exact) mass is 514 g/mol. The van der Waals surface area contributed by atoms with Gasteiger partial charge in [0.25, 0.3) is 21.8 Å². The van der Waals surface area contributed by atoms with E-state index in [-0.39, 0.29) is 28.5 Å². The van der Waals surface area contributed by atoms with Crippen LogP contribution < -0.4 is 15.4 Å². The maximum absolute atomic E-state index is 13.1. The third-order valence-corrected chi connectivity index (χ3v) is 7.16. The molecule has 37 heavy (non-hydrogen) atoms. The van der Waals surface area contributed by atoms with Crippen molar-refractivity contribution in [1.82, 2.24) is 10.3 Å². The molecule has 8 nitrogen and oxygen atoms in total. The fraction of sp³-hybridized carbons (Fsp3) is 0.107. The van der Waals surface area contributed by atoms with Gasteiger partial charge in [-0.1, -0.05) is 42.0 Å². The van der Waals surface area contributed by atoms with Crippen molar-refractivity contribution in [3.8, 4) is 0 Å². The Morgan fingerprint density at radius 3 is 2.35 bits per heavy atom. The van der Waals surface area contributed by atoms with Gasteiger partial charge in [0.15, 0.2) is 0 Å². The number of aromatic nitrogens is 1. The highest BCUT2D eigenvalue weighted by Crippen LogP contribution is 2.23. The predicted octanol–water partition coefficient (Wildman–Crippen LogP) is 4.68. The number of pyridine rings is 1. The predicted molar refractivity (Wildman–Crippen MR) is 143 cm³/mol. The van der Waals surface area contributed by atoms with Crippen LogP contribution in [0.2, 0.25) is 0 Å². The molecule has 3 N–H and O–H groups in total. The zero-order valence-corrected chi connectivity index (χ0v) is 21.2. The second-order valence-electron chi connectivity index (χ2n) is 8.50. The number of sulfonamides is 1. The molecule has 0 saturated heterocycles. The summed E-state index contributed by atoms with van der Waals surface area (Å²) in [5.41, 5.74) is 3.48. The molecular weight excluding hydrogens is 488 g/mol. The van der Waals surface area contributed by atoms with Gasteiger partial charge in [-0.15, -0.1) is 0 Å². The fourth-order valence-corrected chi connectivity index (χ4v) is 4.96. The molecule has 1 heterocycles. The first-order valence-corrected chi connectivity index (χ1v) is 13.0. The van der Waals surface area contributed by atoms with Crippen LogP contribution in [0.15, 0.2) is 96.2 Å². The van der Waals surface area contributed by atoms with Crippen LogP contribution in [-0.2, 0) is 16.6 Å². The lowest BCUT2D eigenvalue weighted by Crippen LogP contribution is -2.25. The van der Waals surface area contributed by atoms with Gasteiger partial charge in [0, 0.05) is 30.2 Å². The number of benzene rings is 3. The minimum Gasteiger partial charge on any atom is -0.348 e. The van der Waals surface area contributed by atoms with Crippen molar-refractivity contribution in [2.75, 3.05) is 10.0 Å². The van der Waals surface area contributed by atoms with E-state index in [1.165, 1.54) is 6.07 Å². The van der Waals surface area contributed by atoms with E-state index in [1.807, 2.05) is 13.0 Å². The van der Waals surface area contributed by atoms with Gasteiger partial charge in [-0.3, -0.25) is 19.3 Å². The number of para-hydroxylation sites is 1. The highest BCUT2D eigenvalue weighted by Gasteiger charge is 2.20. The lowest BCUT2D eigenvalue weighted by Gasteiger charge is -2.14. The van der Waals surface area contributed by atoms with Crippen LogP contribution >= 0.6 is 0 Å². The molecule has 0 radical (unpaired) electrons. The maximum Gasteiger partial charge on any atom is 0.262 e. The standard InChI is InChI=1S/C28H26N4O4S/c1-19-9-13-23(14-10-19)32-37(35,36)26-16-22(12-11-20(26)2)27(33)31-25-8-4-3-7-24(25)28(34)30-18-21-6-5-15-29-17-21/h3-17,32H,18H2,1-2H3,(H,30,34)(H,31,33). The maximum atomic E-state index is 13.1. The molecule has 4 rings (SSSR count). The molecule has 0 unspecified atom stereocenters. The topological polar surface area (TPSA) is 117 Å². The molecule has 0 bridgehead atoms. The molecule has 4 aromatic rings. The van der Waals surface area contributed by atoms with Crippen molar-refractivity contribution < 1.29 is 18.0 Å². The van der Waals surface area contributed by atoms with Crippen LogP contribution in [0.4, 0.5) is 11.4 Å². The fourth-order valence-electron chi connectivity index (χ4n) is 3.63. The Kier molecular flexibility index (Phi) is 7.64. The molecule has 188 valence electrons. The van der Waals surface area contributed by atoms with Gasteiger partial charge in [0.2, 0.25) is 0 Å². The van der Waals surface area contributed by atoms with Gasteiger partial charge in [-0.25, -0.2) is 8.42 Å². The van der Waals surface area contributed by atoms with Gasteiger partial charge in [0.05, 0.1) is 16.1 Å². The van der Waals surface area contributed by atoms with Crippen LogP contribution in [0.1, 0.15) is 37.4 Å². The van der Waals surface area contributed by atoms with Gasteiger partial charge < -0.3 is 10.6 Å². The molecular formula is C28H26N4O4S. The van der Waals surface area contributed by atoms with E-state index in [9.17, 15) is 18.0 Å². The van der Waals surface area contributed by atoms with Crippen LogP contribution in [0.5, 0.6) is 0 Å². The number of aryl methyl sites for hydroxylation is 2. The van der Waals surface area contributed by atoms with Gasteiger partial charge in [0.1, 0.15) is 0 Å². The summed E-state index contributed by atoms with van der Waals surface area (Å²) in [4.78, 5) is 29.9. The first-order valence-electron chi connectivity index (χ1n) is 11.5. The Balaban J connectivity index is 1.52. The van der Waals surface area contributed by atoms with Crippen LogP contribution in [0.3, 0.4) is 0 Å². The van der Waals surface area contributed by atoms with Gasteiger partial charge in [-0.2, -0.15) is 0 Å². The summed E-state index contributed by atoms with van der Waals surface area (Å²) < 4.78 is 28.7. The molecule has 0 spiro atoms. The first-order chi connectivity index (χ1) is 17.7. The van der Waals surface area contributed by atoms with Gasteiger partial charge >= 0.3 is 0 Å². The second-order valence-corrected chi connectivity index (χ2v) is 10.1. The molecule has 2 amide bonds. The van der Waals surface area contributed by atoms with E-state index < -0.39 is 15.9 Å². The molecule has 3 aromatic carbocycles. The minimum absolute atomic E-state index is 0.0109. The molecule has 0 aliphatic rings. The number of nitrogens with zero attached hydrogens (tertiary/aromatic N) is 1. The van der Waals surface area contributed by atoms with Crippen molar-refractivity contribution in [3.63, 3.8) is 0 Å². The minimum atomic E-state index is -3.94. The van der Waals surface area contributed by atoms with E-state index in [1.54, 1.807) is 86.0 Å². The van der Waals surface area contributed by atoms with Crippen LogP contribution in [0, 0.1) is 13.8 Å². The zero-order chi connectivity index (χ0) is 26.4. The number of hydrogen-bond donors (Lipinski definition) is 3. The van der Waals surface area contributed by atoms with Crippen LogP contribution in [0.25, 0.3) is 0 Å². The zero-order valence-electron chi connectivity index (χ0n) is 20.4. The summed E-state index contributed by atoms with van der Waals surface area (Å²) in [5, 5.41) is 5.55. The average Bonchev–Trinajstić information content (AvgIpc) is 2.89. The Morgan fingerprint density at radius 2 is 1.62 bits per heavy atom. The SMILES string of the molecule is Cc1ccc(NS(=O)(=O)c2cc(C(=O)Nc3ccccc3C(=O)NCc3cccnc3)ccc2C)cc1. The van der Waals surface area contributed by atoms with Crippen molar-refractivity contribution >= 4 is 33.2 Å². The van der Waals surface area contributed by atoms with Gasteiger partial charge in [-0.05, 0) is 67.4 Å². The van der Waals surface area contributed by atoms with Crippen molar-refractivity contribution in [2.45, 2.75) is 25.3 Å². The Hall–Kier alpha value is -4.50. The highest BCUT2D eigenvalue weighted by atomic mass is 32.2. The first kappa shape index (κ1) is 25.6. The molecule has 0 atom stereocenters. The van der Waals surface area contributed by atoms with E-state index in [0.29, 0.717) is 16.9 Å². The van der Waals surface area contributed by atoms with E-state index in [4.69, 9.17) is 0 Å². The normalized spacial score (nSPS) is 11.0. The number of hydrogen-bond acceptors (Lipinski definition) is 5. The lowest BCUT2D eigenvalue weighted by atomic mass is 10.1. The molecule has 0 aliphatic carbocycles. The average molecular weight is 515 g/mol. The third kappa shape index (κ3) is 6.39. The molecule has 0 fully saturated rings. The number of carbonyl (C=O) groups is 2. The Morgan fingerprint density at radius 1 is 0.865 bits per heavy atom. The second kappa shape index (κ2) is 11.0. The Bertz CT molecular complexity index is 1540. The van der Waals surface area contributed by atoms with Crippen molar-refractivity contribution in [3.05, 3.63) is 119 Å². The number of nitrogens with one attached hydrogen (secondary N) is 3. The number of rotatable bonds is 8.